The minimum atomic E-state index is -0.510. The Balaban J connectivity index is 0.00000841. The van der Waals surface area contributed by atoms with Crippen LogP contribution in [0, 0.1) is 5.92 Å². The fourth-order valence-corrected chi connectivity index (χ4v) is 2.83. The molecule has 9 heteroatoms. The smallest absolute Gasteiger partial charge is 0.407 e. The van der Waals surface area contributed by atoms with Crippen LogP contribution in [0.15, 0.2) is 4.99 Å². The van der Waals surface area contributed by atoms with E-state index in [9.17, 15) is 9.59 Å². The van der Waals surface area contributed by atoms with Crippen LogP contribution in [0.2, 0.25) is 0 Å². The average molecular weight is 540 g/mol. The molecule has 2 amide bonds. The van der Waals surface area contributed by atoms with Crippen molar-refractivity contribution in [3.05, 3.63) is 0 Å². The van der Waals surface area contributed by atoms with Gasteiger partial charge in [-0.05, 0) is 52.4 Å². The number of halogens is 1. The topological polar surface area (TPSA) is 95.1 Å². The standard InChI is InChI=1S/C21H41N5O3.HI/c1-15(2)17(25-20(28)29-21(3,4)5)12-14-26(7)19(22-6)23-13-8-9-18(27)24-16-10-11-16;/h15-17H,8-14H2,1-7H3,(H,22,23)(H,24,27)(H,25,28);1H. The monoisotopic (exact) mass is 539 g/mol. The summed E-state index contributed by atoms with van der Waals surface area (Å²) in [6.45, 7) is 11.2. The second-order valence-corrected chi connectivity index (χ2v) is 9.13. The zero-order chi connectivity index (χ0) is 22.0. The first-order valence-electron chi connectivity index (χ1n) is 10.7. The lowest BCUT2D eigenvalue weighted by atomic mass is 10.0. The molecule has 1 atom stereocenters. The fraction of sp³-hybridized carbons (Fsp3) is 0.857. The highest BCUT2D eigenvalue weighted by atomic mass is 127. The Morgan fingerprint density at radius 3 is 2.37 bits per heavy atom. The van der Waals surface area contributed by atoms with Gasteiger partial charge in [-0.1, -0.05) is 13.8 Å². The van der Waals surface area contributed by atoms with Gasteiger partial charge in [0.25, 0.3) is 0 Å². The number of rotatable bonds is 10. The van der Waals surface area contributed by atoms with E-state index in [0.717, 1.165) is 38.2 Å². The van der Waals surface area contributed by atoms with E-state index in [0.29, 0.717) is 19.0 Å². The maximum absolute atomic E-state index is 12.1. The lowest BCUT2D eigenvalue weighted by molar-refractivity contribution is -0.121. The molecule has 0 aromatic heterocycles. The van der Waals surface area contributed by atoms with E-state index in [1.165, 1.54) is 0 Å². The van der Waals surface area contributed by atoms with Gasteiger partial charge >= 0.3 is 6.09 Å². The molecule has 0 aromatic rings. The number of ether oxygens (including phenoxy) is 1. The first-order valence-corrected chi connectivity index (χ1v) is 10.7. The van der Waals surface area contributed by atoms with Gasteiger partial charge in [-0.2, -0.15) is 0 Å². The lowest BCUT2D eigenvalue weighted by Crippen LogP contribution is -2.45. The van der Waals surface area contributed by atoms with Crippen LogP contribution in [0.1, 0.15) is 66.7 Å². The fourth-order valence-electron chi connectivity index (χ4n) is 2.83. The molecular formula is C21H42IN5O3. The molecule has 1 saturated carbocycles. The van der Waals surface area contributed by atoms with Crippen LogP contribution in [-0.2, 0) is 9.53 Å². The first kappa shape index (κ1) is 28.7. The van der Waals surface area contributed by atoms with Crippen molar-refractivity contribution in [3.63, 3.8) is 0 Å². The third-order valence-corrected chi connectivity index (χ3v) is 4.66. The molecule has 1 unspecified atom stereocenters. The molecule has 0 aliphatic heterocycles. The normalized spacial score (nSPS) is 15.1. The van der Waals surface area contributed by atoms with Crippen molar-refractivity contribution in [2.75, 3.05) is 27.2 Å². The number of aliphatic imine (C=N–C) groups is 1. The van der Waals surface area contributed by atoms with Gasteiger partial charge in [0, 0.05) is 45.7 Å². The zero-order valence-electron chi connectivity index (χ0n) is 19.7. The number of carbonyl (C=O) groups excluding carboxylic acids is 2. The highest BCUT2D eigenvalue weighted by molar-refractivity contribution is 14.0. The van der Waals surface area contributed by atoms with Crippen molar-refractivity contribution in [1.82, 2.24) is 20.9 Å². The van der Waals surface area contributed by atoms with Crippen molar-refractivity contribution in [2.24, 2.45) is 10.9 Å². The summed E-state index contributed by atoms with van der Waals surface area (Å²) in [5.74, 6) is 1.20. The van der Waals surface area contributed by atoms with Crippen LogP contribution in [0.5, 0.6) is 0 Å². The summed E-state index contributed by atoms with van der Waals surface area (Å²) < 4.78 is 5.37. The van der Waals surface area contributed by atoms with E-state index in [1.807, 2.05) is 32.7 Å². The maximum atomic E-state index is 12.1. The van der Waals surface area contributed by atoms with Gasteiger partial charge in [0.1, 0.15) is 5.60 Å². The van der Waals surface area contributed by atoms with Crippen molar-refractivity contribution in [2.45, 2.75) is 84.4 Å². The number of guanidine groups is 1. The van der Waals surface area contributed by atoms with Crippen LogP contribution in [0.3, 0.4) is 0 Å². The van der Waals surface area contributed by atoms with E-state index >= 15 is 0 Å². The Bertz CT molecular complexity index is 559. The SMILES string of the molecule is CN=C(NCCCC(=O)NC1CC1)N(C)CCC(NC(=O)OC(C)(C)C)C(C)C.I. The first-order chi connectivity index (χ1) is 13.5. The van der Waals surface area contributed by atoms with Crippen LogP contribution < -0.4 is 16.0 Å². The summed E-state index contributed by atoms with van der Waals surface area (Å²) in [4.78, 5) is 30.2. The Morgan fingerprint density at radius 1 is 1.23 bits per heavy atom. The van der Waals surface area contributed by atoms with Gasteiger partial charge in [0.05, 0.1) is 0 Å². The van der Waals surface area contributed by atoms with E-state index in [-0.39, 0.29) is 47.9 Å². The molecule has 1 rings (SSSR count). The number of nitrogens with zero attached hydrogens (tertiary/aromatic N) is 2. The lowest BCUT2D eigenvalue weighted by Gasteiger charge is -2.28. The molecule has 0 heterocycles. The Hall–Kier alpha value is -1.26. The Kier molecular flexibility index (Phi) is 13.3. The van der Waals surface area contributed by atoms with Gasteiger partial charge in [0.15, 0.2) is 5.96 Å². The van der Waals surface area contributed by atoms with Gasteiger partial charge in [-0.15, -0.1) is 24.0 Å². The van der Waals surface area contributed by atoms with Gasteiger partial charge in [-0.3, -0.25) is 9.79 Å². The number of carbonyl (C=O) groups is 2. The third kappa shape index (κ3) is 13.1. The molecule has 176 valence electrons. The summed E-state index contributed by atoms with van der Waals surface area (Å²) in [5.41, 5.74) is -0.510. The van der Waals surface area contributed by atoms with Crippen LogP contribution in [0.4, 0.5) is 4.79 Å². The molecule has 0 bridgehead atoms. The molecule has 0 aromatic carbocycles. The molecule has 1 aliphatic carbocycles. The molecule has 30 heavy (non-hydrogen) atoms. The van der Waals surface area contributed by atoms with Crippen LogP contribution >= 0.6 is 24.0 Å². The number of hydrogen-bond acceptors (Lipinski definition) is 4. The highest BCUT2D eigenvalue weighted by Crippen LogP contribution is 2.18. The molecule has 8 nitrogen and oxygen atoms in total. The average Bonchev–Trinajstić information content (AvgIpc) is 3.40. The number of alkyl carbamates (subject to hydrolysis) is 1. The molecule has 0 radical (unpaired) electrons. The predicted octanol–water partition coefficient (Wildman–Crippen LogP) is 3.11. The number of nitrogens with one attached hydrogen (secondary N) is 3. The quantitative estimate of drug-likeness (QED) is 0.172. The minimum Gasteiger partial charge on any atom is -0.444 e. The van der Waals surface area contributed by atoms with Crippen molar-refractivity contribution >= 4 is 41.9 Å². The second-order valence-electron chi connectivity index (χ2n) is 9.13. The second kappa shape index (κ2) is 13.9. The van der Waals surface area contributed by atoms with E-state index in [4.69, 9.17) is 4.74 Å². The van der Waals surface area contributed by atoms with Gasteiger partial charge in [-0.25, -0.2) is 4.79 Å². The summed E-state index contributed by atoms with van der Waals surface area (Å²) in [6, 6.07) is 0.425. The largest absolute Gasteiger partial charge is 0.444 e. The molecule has 3 N–H and O–H groups in total. The minimum absolute atomic E-state index is 0. The van der Waals surface area contributed by atoms with Crippen molar-refractivity contribution in [3.8, 4) is 0 Å². The number of amides is 2. The summed E-state index contributed by atoms with van der Waals surface area (Å²) in [5, 5.41) is 9.28. The molecule has 0 spiro atoms. The Morgan fingerprint density at radius 2 is 1.87 bits per heavy atom. The van der Waals surface area contributed by atoms with E-state index in [1.54, 1.807) is 7.05 Å². The predicted molar refractivity (Wildman–Crippen MR) is 132 cm³/mol. The molecule has 1 fully saturated rings. The van der Waals surface area contributed by atoms with E-state index in [2.05, 4.69) is 34.8 Å². The molecular weight excluding hydrogens is 497 g/mol. The highest BCUT2D eigenvalue weighted by Gasteiger charge is 2.23. The van der Waals surface area contributed by atoms with Gasteiger partial charge in [0.2, 0.25) is 5.91 Å². The summed E-state index contributed by atoms with van der Waals surface area (Å²) >= 11 is 0. The maximum Gasteiger partial charge on any atom is 0.407 e. The summed E-state index contributed by atoms with van der Waals surface area (Å²) in [7, 11) is 3.72. The summed E-state index contributed by atoms with van der Waals surface area (Å²) in [6.07, 6.45) is 3.91. The molecule has 0 saturated heterocycles. The third-order valence-electron chi connectivity index (χ3n) is 4.66. The Labute approximate surface area is 199 Å². The number of hydrogen-bond donors (Lipinski definition) is 3. The zero-order valence-corrected chi connectivity index (χ0v) is 22.0. The van der Waals surface area contributed by atoms with Crippen LogP contribution in [0.25, 0.3) is 0 Å². The molecule has 1 aliphatic rings. The van der Waals surface area contributed by atoms with Crippen molar-refractivity contribution < 1.29 is 14.3 Å². The van der Waals surface area contributed by atoms with Crippen LogP contribution in [-0.4, -0.2) is 67.7 Å². The van der Waals surface area contributed by atoms with Crippen molar-refractivity contribution in [1.29, 1.82) is 0 Å². The van der Waals surface area contributed by atoms with Gasteiger partial charge < -0.3 is 25.6 Å². The van der Waals surface area contributed by atoms with E-state index < -0.39 is 5.60 Å².